The molecule has 0 fully saturated rings. The summed E-state index contributed by atoms with van der Waals surface area (Å²) in [5.74, 6) is 0.462. The highest BCUT2D eigenvalue weighted by atomic mass is 16.5. The van der Waals surface area contributed by atoms with E-state index in [1.807, 2.05) is 30.3 Å². The molecule has 0 unspecified atom stereocenters. The Bertz CT molecular complexity index is 721. The lowest BCUT2D eigenvalue weighted by atomic mass is 9.78. The van der Waals surface area contributed by atoms with Crippen LogP contribution in [0.1, 0.15) is 0 Å². The average molecular weight is 241 g/mol. The second kappa shape index (κ2) is 4.05. The van der Waals surface area contributed by atoms with Crippen LogP contribution >= 0.6 is 0 Å². The van der Waals surface area contributed by atoms with Crippen molar-refractivity contribution in [1.29, 1.82) is 0 Å². The second-order valence-electron chi connectivity index (χ2n) is 4.15. The minimum absolute atomic E-state index is 0.367. The molecule has 90 valence electrons. The van der Waals surface area contributed by atoms with Gasteiger partial charge in [-0.2, -0.15) is 0 Å². The topological polar surface area (TPSA) is 65.5 Å². The molecular formula is C13H12BNO3. The Kier molecular flexibility index (Phi) is 2.50. The lowest BCUT2D eigenvalue weighted by Crippen LogP contribution is -2.32. The number of nitrogens with one attached hydrogen (secondary N) is 1. The molecule has 5 heteroatoms. The van der Waals surface area contributed by atoms with Crippen molar-refractivity contribution < 1.29 is 14.8 Å². The van der Waals surface area contributed by atoms with Gasteiger partial charge >= 0.3 is 7.12 Å². The first-order chi connectivity index (χ1) is 8.72. The van der Waals surface area contributed by atoms with Gasteiger partial charge in [0.1, 0.15) is 5.75 Å². The maximum Gasteiger partial charge on any atom is 0.494 e. The highest BCUT2D eigenvalue weighted by Crippen LogP contribution is 2.26. The molecule has 0 aliphatic carbocycles. The van der Waals surface area contributed by atoms with Crippen LogP contribution in [0.3, 0.4) is 0 Å². The zero-order valence-corrected chi connectivity index (χ0v) is 9.84. The molecule has 0 amide bonds. The van der Waals surface area contributed by atoms with Gasteiger partial charge in [0, 0.05) is 27.3 Å². The van der Waals surface area contributed by atoms with Gasteiger partial charge in [0.25, 0.3) is 0 Å². The third-order valence-electron chi connectivity index (χ3n) is 3.16. The molecule has 0 atom stereocenters. The van der Waals surface area contributed by atoms with Crippen molar-refractivity contribution in [3.05, 3.63) is 36.4 Å². The van der Waals surface area contributed by atoms with E-state index in [9.17, 15) is 10.0 Å². The van der Waals surface area contributed by atoms with Gasteiger partial charge < -0.3 is 19.8 Å². The third-order valence-corrected chi connectivity index (χ3v) is 3.16. The van der Waals surface area contributed by atoms with Crippen molar-refractivity contribution in [2.45, 2.75) is 0 Å². The Balaban J connectivity index is 2.47. The van der Waals surface area contributed by atoms with Crippen LogP contribution in [0.4, 0.5) is 0 Å². The van der Waals surface area contributed by atoms with Crippen LogP contribution in [0, 0.1) is 0 Å². The van der Waals surface area contributed by atoms with Crippen molar-refractivity contribution in [3.63, 3.8) is 0 Å². The van der Waals surface area contributed by atoms with Gasteiger partial charge in [-0.3, -0.25) is 0 Å². The van der Waals surface area contributed by atoms with E-state index in [1.54, 1.807) is 6.07 Å². The molecule has 1 heterocycles. The van der Waals surface area contributed by atoms with E-state index >= 15 is 0 Å². The number of para-hydroxylation sites is 1. The Morgan fingerprint density at radius 1 is 1.06 bits per heavy atom. The summed E-state index contributed by atoms with van der Waals surface area (Å²) >= 11 is 0. The Labute approximate surface area is 104 Å². The fourth-order valence-corrected chi connectivity index (χ4v) is 2.36. The molecule has 0 spiro atoms. The van der Waals surface area contributed by atoms with E-state index in [2.05, 4.69) is 4.98 Å². The van der Waals surface area contributed by atoms with Gasteiger partial charge in [-0.25, -0.2) is 0 Å². The molecule has 3 N–H and O–H groups in total. The van der Waals surface area contributed by atoms with Crippen LogP contribution in [0.2, 0.25) is 0 Å². The molecule has 0 saturated heterocycles. The Morgan fingerprint density at radius 2 is 1.83 bits per heavy atom. The van der Waals surface area contributed by atoms with E-state index < -0.39 is 7.12 Å². The van der Waals surface area contributed by atoms with E-state index in [-0.39, 0.29) is 0 Å². The summed E-state index contributed by atoms with van der Waals surface area (Å²) in [6, 6.07) is 11.5. The Hall–Kier alpha value is -1.98. The molecule has 3 rings (SSSR count). The standard InChI is InChI=1S/C13H12BNO3/c1-18-11-7-6-9-8-4-2-3-5-10(8)15-13(9)12(11)14(16)17/h2-7,15-17H,1H3. The van der Waals surface area contributed by atoms with Crippen LogP contribution in [0.25, 0.3) is 21.8 Å². The number of hydrogen-bond donors (Lipinski definition) is 3. The molecule has 3 aromatic rings. The third kappa shape index (κ3) is 1.49. The van der Waals surface area contributed by atoms with Gasteiger partial charge in [-0.1, -0.05) is 18.2 Å². The molecule has 1 aromatic heterocycles. The summed E-state index contributed by atoms with van der Waals surface area (Å²) in [4.78, 5) is 3.20. The lowest BCUT2D eigenvalue weighted by molar-refractivity contribution is 0.404. The van der Waals surface area contributed by atoms with Crippen molar-refractivity contribution in [2.24, 2.45) is 0 Å². The predicted octanol–water partition coefficient (Wildman–Crippen LogP) is 1.01. The predicted molar refractivity (Wildman–Crippen MR) is 72.2 cm³/mol. The summed E-state index contributed by atoms with van der Waals surface area (Å²) in [6.07, 6.45) is 0. The first-order valence-electron chi connectivity index (χ1n) is 5.66. The molecule has 0 aliphatic rings. The van der Waals surface area contributed by atoms with Gasteiger partial charge in [0.15, 0.2) is 0 Å². The van der Waals surface area contributed by atoms with Gasteiger partial charge in [-0.15, -0.1) is 0 Å². The van der Waals surface area contributed by atoms with Gasteiger partial charge in [0.2, 0.25) is 0 Å². The van der Waals surface area contributed by atoms with E-state index in [0.717, 1.165) is 16.3 Å². The highest BCUT2D eigenvalue weighted by Gasteiger charge is 2.22. The first kappa shape index (κ1) is 11.1. The minimum atomic E-state index is -1.57. The van der Waals surface area contributed by atoms with E-state index in [4.69, 9.17) is 4.74 Å². The number of rotatable bonds is 2. The highest BCUT2D eigenvalue weighted by molar-refractivity contribution is 6.63. The molecule has 0 radical (unpaired) electrons. The largest absolute Gasteiger partial charge is 0.497 e. The summed E-state index contributed by atoms with van der Waals surface area (Å²) in [5, 5.41) is 21.0. The van der Waals surface area contributed by atoms with Crippen molar-refractivity contribution in [3.8, 4) is 5.75 Å². The summed E-state index contributed by atoms with van der Waals surface area (Å²) < 4.78 is 5.17. The normalized spacial score (nSPS) is 11.1. The maximum atomic E-state index is 9.51. The van der Waals surface area contributed by atoms with Crippen molar-refractivity contribution in [1.82, 2.24) is 4.98 Å². The summed E-state index contributed by atoms with van der Waals surface area (Å²) in [5.41, 5.74) is 2.03. The quantitative estimate of drug-likeness (QED) is 0.586. The van der Waals surface area contributed by atoms with Crippen LogP contribution in [0.15, 0.2) is 36.4 Å². The maximum absolute atomic E-state index is 9.51. The van der Waals surface area contributed by atoms with Crippen molar-refractivity contribution in [2.75, 3.05) is 7.11 Å². The van der Waals surface area contributed by atoms with Crippen LogP contribution < -0.4 is 10.2 Å². The van der Waals surface area contributed by atoms with E-state index in [0.29, 0.717) is 16.7 Å². The number of ether oxygens (including phenoxy) is 1. The summed E-state index contributed by atoms with van der Waals surface area (Å²) in [7, 11) is -0.0629. The zero-order chi connectivity index (χ0) is 12.7. The molecular weight excluding hydrogens is 229 g/mol. The lowest BCUT2D eigenvalue weighted by Gasteiger charge is -2.08. The van der Waals surface area contributed by atoms with Crippen LogP contribution in [-0.2, 0) is 0 Å². The van der Waals surface area contributed by atoms with Gasteiger partial charge in [-0.05, 0) is 18.2 Å². The smallest absolute Gasteiger partial charge is 0.494 e. The fraction of sp³-hybridized carbons (Fsp3) is 0.0769. The number of aromatic amines is 1. The number of hydrogen-bond acceptors (Lipinski definition) is 3. The molecule has 0 bridgehead atoms. The van der Waals surface area contributed by atoms with Crippen molar-refractivity contribution >= 4 is 34.4 Å². The van der Waals surface area contributed by atoms with Crippen LogP contribution in [-0.4, -0.2) is 29.3 Å². The second-order valence-corrected chi connectivity index (χ2v) is 4.15. The molecule has 4 nitrogen and oxygen atoms in total. The molecule has 0 aliphatic heterocycles. The number of fused-ring (bicyclic) bond motifs is 3. The molecule has 0 saturated carbocycles. The summed E-state index contributed by atoms with van der Waals surface area (Å²) in [6.45, 7) is 0. The fourth-order valence-electron chi connectivity index (χ4n) is 2.36. The number of methoxy groups -OCH3 is 1. The van der Waals surface area contributed by atoms with Crippen LogP contribution in [0.5, 0.6) is 5.75 Å². The zero-order valence-electron chi connectivity index (χ0n) is 9.84. The molecule has 2 aromatic carbocycles. The monoisotopic (exact) mass is 241 g/mol. The molecule has 18 heavy (non-hydrogen) atoms. The SMILES string of the molecule is COc1ccc2c([nH]c3ccccc32)c1B(O)O. The average Bonchev–Trinajstić information content (AvgIpc) is 2.75. The van der Waals surface area contributed by atoms with Gasteiger partial charge in [0.05, 0.1) is 7.11 Å². The Morgan fingerprint density at radius 3 is 2.56 bits per heavy atom. The number of benzene rings is 2. The minimum Gasteiger partial charge on any atom is -0.497 e. The first-order valence-corrected chi connectivity index (χ1v) is 5.66. The number of H-pyrrole nitrogens is 1. The number of aromatic nitrogens is 1. The van der Waals surface area contributed by atoms with E-state index in [1.165, 1.54) is 7.11 Å².